The molecular weight excluding hydrogens is 314 g/mol. The molecule has 0 saturated carbocycles. The van der Waals surface area contributed by atoms with Crippen molar-refractivity contribution in [2.75, 3.05) is 5.32 Å². The SMILES string of the molecule is CCc1nc2n(n1)[C@H](c1cc(F)cc(F)c1)C=C(c1ccco1)N2. The van der Waals surface area contributed by atoms with Crippen LogP contribution in [0.25, 0.3) is 5.70 Å². The number of benzene rings is 1. The van der Waals surface area contributed by atoms with E-state index < -0.39 is 17.7 Å². The first-order chi connectivity index (χ1) is 11.6. The Morgan fingerprint density at radius 1 is 1.25 bits per heavy atom. The molecule has 5 nitrogen and oxygen atoms in total. The molecule has 1 aromatic carbocycles. The third-order valence-corrected chi connectivity index (χ3v) is 3.84. The number of aryl methyl sites for hydroxylation is 1. The van der Waals surface area contributed by atoms with Gasteiger partial charge in [0.1, 0.15) is 23.4 Å². The fraction of sp³-hybridized carbons (Fsp3) is 0.176. The summed E-state index contributed by atoms with van der Waals surface area (Å²) in [6.07, 6.45) is 4.03. The molecule has 0 amide bonds. The van der Waals surface area contributed by atoms with Crippen LogP contribution in [0.2, 0.25) is 0 Å². The number of allylic oxidation sites excluding steroid dienone is 1. The molecule has 7 heteroatoms. The van der Waals surface area contributed by atoms with Crippen LogP contribution in [0, 0.1) is 11.6 Å². The summed E-state index contributed by atoms with van der Waals surface area (Å²) in [7, 11) is 0. The minimum Gasteiger partial charge on any atom is -0.463 e. The summed E-state index contributed by atoms with van der Waals surface area (Å²) in [5, 5.41) is 7.58. The van der Waals surface area contributed by atoms with Crippen LogP contribution in [0.3, 0.4) is 0 Å². The number of halogens is 2. The smallest absolute Gasteiger partial charge is 0.226 e. The molecule has 122 valence electrons. The van der Waals surface area contributed by atoms with Crippen LogP contribution in [0.15, 0.2) is 47.1 Å². The Kier molecular flexibility index (Phi) is 3.41. The van der Waals surface area contributed by atoms with Gasteiger partial charge in [-0.25, -0.2) is 13.5 Å². The van der Waals surface area contributed by atoms with E-state index in [4.69, 9.17) is 4.42 Å². The van der Waals surface area contributed by atoms with Crippen molar-refractivity contribution in [2.24, 2.45) is 0 Å². The van der Waals surface area contributed by atoms with Crippen molar-refractivity contribution >= 4 is 11.6 Å². The summed E-state index contributed by atoms with van der Waals surface area (Å²) in [6.45, 7) is 1.94. The van der Waals surface area contributed by atoms with Gasteiger partial charge in [0.05, 0.1) is 12.0 Å². The van der Waals surface area contributed by atoms with E-state index in [1.165, 1.54) is 12.1 Å². The van der Waals surface area contributed by atoms with E-state index in [-0.39, 0.29) is 0 Å². The monoisotopic (exact) mass is 328 g/mol. The van der Waals surface area contributed by atoms with Crippen molar-refractivity contribution in [1.29, 1.82) is 0 Å². The van der Waals surface area contributed by atoms with Crippen LogP contribution in [0.4, 0.5) is 14.7 Å². The number of aromatic nitrogens is 3. The van der Waals surface area contributed by atoms with Gasteiger partial charge in [0.2, 0.25) is 5.95 Å². The molecule has 24 heavy (non-hydrogen) atoms. The summed E-state index contributed by atoms with van der Waals surface area (Å²) in [5.41, 5.74) is 1.13. The Hall–Kier alpha value is -2.96. The quantitative estimate of drug-likeness (QED) is 0.795. The highest BCUT2D eigenvalue weighted by molar-refractivity contribution is 5.74. The van der Waals surface area contributed by atoms with E-state index in [2.05, 4.69) is 15.4 Å². The minimum absolute atomic E-state index is 0.451. The lowest BCUT2D eigenvalue weighted by atomic mass is 10.0. The van der Waals surface area contributed by atoms with Crippen LogP contribution in [0.1, 0.15) is 30.1 Å². The van der Waals surface area contributed by atoms with Crippen molar-refractivity contribution in [1.82, 2.24) is 14.8 Å². The lowest BCUT2D eigenvalue weighted by Crippen LogP contribution is -2.20. The maximum atomic E-state index is 13.7. The van der Waals surface area contributed by atoms with Crippen LogP contribution in [-0.4, -0.2) is 14.8 Å². The Bertz CT molecular complexity index is 895. The number of fused-ring (bicyclic) bond motifs is 1. The summed E-state index contributed by atoms with van der Waals surface area (Å²) in [5.74, 6) is 0.510. The molecule has 0 fully saturated rings. The highest BCUT2D eigenvalue weighted by atomic mass is 19.1. The van der Waals surface area contributed by atoms with Gasteiger partial charge in [0, 0.05) is 12.5 Å². The molecule has 0 spiro atoms. The number of hydrogen-bond acceptors (Lipinski definition) is 4. The number of anilines is 1. The highest BCUT2D eigenvalue weighted by Gasteiger charge is 2.26. The van der Waals surface area contributed by atoms with Gasteiger partial charge in [-0.1, -0.05) is 6.92 Å². The average molecular weight is 328 g/mol. The Balaban J connectivity index is 1.86. The summed E-state index contributed by atoms with van der Waals surface area (Å²) in [4.78, 5) is 4.42. The van der Waals surface area contributed by atoms with Gasteiger partial charge in [-0.05, 0) is 35.9 Å². The average Bonchev–Trinajstić information content (AvgIpc) is 3.21. The van der Waals surface area contributed by atoms with E-state index in [0.717, 1.165) is 6.07 Å². The fourth-order valence-corrected chi connectivity index (χ4v) is 2.75. The second kappa shape index (κ2) is 5.59. The molecule has 1 atom stereocenters. The lowest BCUT2D eigenvalue weighted by Gasteiger charge is -2.23. The van der Waals surface area contributed by atoms with Gasteiger partial charge in [-0.15, -0.1) is 0 Å². The zero-order valence-electron chi connectivity index (χ0n) is 12.8. The molecule has 1 aliphatic heterocycles. The van der Waals surface area contributed by atoms with E-state index >= 15 is 0 Å². The minimum atomic E-state index is -0.631. The van der Waals surface area contributed by atoms with E-state index in [9.17, 15) is 8.78 Å². The second-order valence-electron chi connectivity index (χ2n) is 5.48. The van der Waals surface area contributed by atoms with Gasteiger partial charge in [-0.2, -0.15) is 10.1 Å². The summed E-state index contributed by atoms with van der Waals surface area (Å²) < 4.78 is 34.4. The first kappa shape index (κ1) is 14.6. The molecule has 0 saturated heterocycles. The molecule has 3 heterocycles. The molecule has 1 aliphatic rings. The van der Waals surface area contributed by atoms with Gasteiger partial charge in [0.15, 0.2) is 5.82 Å². The molecule has 0 unspecified atom stereocenters. The van der Waals surface area contributed by atoms with Crippen molar-refractivity contribution in [3.05, 3.63) is 71.5 Å². The standard InChI is InChI=1S/C17H14F2N4O/c1-2-16-21-17-20-13(15-4-3-5-24-15)9-14(23(17)22-16)10-6-11(18)8-12(19)7-10/h3-9,14H,2H2,1H3,(H,20,21,22)/t14-/m0/s1. The molecule has 0 aliphatic carbocycles. The Morgan fingerprint density at radius 2 is 2.04 bits per heavy atom. The molecule has 0 radical (unpaired) electrons. The van der Waals surface area contributed by atoms with E-state index in [0.29, 0.717) is 35.2 Å². The Morgan fingerprint density at radius 3 is 2.71 bits per heavy atom. The van der Waals surface area contributed by atoms with Crippen LogP contribution in [0.5, 0.6) is 0 Å². The van der Waals surface area contributed by atoms with Gasteiger partial charge >= 0.3 is 0 Å². The molecule has 0 bridgehead atoms. The van der Waals surface area contributed by atoms with Crippen LogP contribution < -0.4 is 5.32 Å². The third-order valence-electron chi connectivity index (χ3n) is 3.84. The molecular formula is C17H14F2N4O. The normalized spacial score (nSPS) is 16.5. The van der Waals surface area contributed by atoms with Gasteiger partial charge in [0.25, 0.3) is 0 Å². The number of rotatable bonds is 3. The number of nitrogens with zero attached hydrogens (tertiary/aromatic N) is 3. The van der Waals surface area contributed by atoms with Crippen molar-refractivity contribution in [2.45, 2.75) is 19.4 Å². The molecule has 1 N–H and O–H groups in total. The van der Waals surface area contributed by atoms with Crippen LogP contribution >= 0.6 is 0 Å². The lowest BCUT2D eigenvalue weighted by molar-refractivity contribution is 0.543. The fourth-order valence-electron chi connectivity index (χ4n) is 2.75. The predicted molar refractivity (Wildman–Crippen MR) is 84.2 cm³/mol. The summed E-state index contributed by atoms with van der Waals surface area (Å²) in [6, 6.07) is 6.53. The summed E-state index contributed by atoms with van der Waals surface area (Å²) >= 11 is 0. The van der Waals surface area contributed by atoms with Gasteiger partial charge < -0.3 is 9.73 Å². The Labute approximate surface area is 136 Å². The van der Waals surface area contributed by atoms with Gasteiger partial charge in [-0.3, -0.25) is 0 Å². The number of hydrogen-bond donors (Lipinski definition) is 1. The maximum absolute atomic E-state index is 13.7. The van der Waals surface area contributed by atoms with Crippen molar-refractivity contribution < 1.29 is 13.2 Å². The topological polar surface area (TPSA) is 55.9 Å². The first-order valence-electron chi connectivity index (χ1n) is 7.58. The predicted octanol–water partition coefficient (Wildman–Crippen LogP) is 3.77. The number of furan rings is 1. The molecule has 2 aromatic heterocycles. The third kappa shape index (κ3) is 2.47. The number of nitrogens with one attached hydrogen (secondary N) is 1. The second-order valence-corrected chi connectivity index (χ2v) is 5.48. The first-order valence-corrected chi connectivity index (χ1v) is 7.58. The van der Waals surface area contributed by atoms with E-state index in [1.807, 2.05) is 13.0 Å². The maximum Gasteiger partial charge on any atom is 0.226 e. The molecule has 3 aromatic rings. The zero-order valence-corrected chi connectivity index (χ0v) is 12.8. The largest absolute Gasteiger partial charge is 0.463 e. The van der Waals surface area contributed by atoms with Crippen molar-refractivity contribution in [3.8, 4) is 0 Å². The zero-order chi connectivity index (χ0) is 16.7. The molecule has 4 rings (SSSR count). The highest BCUT2D eigenvalue weighted by Crippen LogP contribution is 2.33. The van der Waals surface area contributed by atoms with Crippen molar-refractivity contribution in [3.63, 3.8) is 0 Å². The van der Waals surface area contributed by atoms with Crippen LogP contribution in [-0.2, 0) is 6.42 Å². The van der Waals surface area contributed by atoms with E-state index in [1.54, 1.807) is 23.1 Å².